The van der Waals surface area contributed by atoms with Crippen molar-refractivity contribution in [2.45, 2.75) is 30.6 Å². The fourth-order valence-corrected chi connectivity index (χ4v) is 5.67. The van der Waals surface area contributed by atoms with Crippen molar-refractivity contribution in [3.63, 3.8) is 0 Å². The van der Waals surface area contributed by atoms with Crippen LogP contribution in [0.3, 0.4) is 0 Å². The lowest BCUT2D eigenvalue weighted by Gasteiger charge is -2.15. The average Bonchev–Trinajstić information content (AvgIpc) is 3.44. The van der Waals surface area contributed by atoms with Gasteiger partial charge in [-0.15, -0.1) is 11.3 Å². The molecule has 1 aliphatic heterocycles. The van der Waals surface area contributed by atoms with Gasteiger partial charge in [0.25, 0.3) is 5.56 Å². The standard InChI is InChI=1S/C23H20FN3O3S2/c24-14-7-9-15(10-8-14)25-19(28)13-31-23-26-20-17-5-1-2-6-18(17)32-21(20)22(29)27(23)12-16-4-3-11-30-16/h1-2,5-10,16H,3-4,11-13H2,(H,25,28)/t16-/m1/s1. The first kappa shape index (κ1) is 21.1. The lowest BCUT2D eigenvalue weighted by molar-refractivity contribution is -0.113. The van der Waals surface area contributed by atoms with Crippen molar-refractivity contribution in [3.8, 4) is 0 Å². The van der Waals surface area contributed by atoms with Crippen molar-refractivity contribution >= 4 is 55.0 Å². The van der Waals surface area contributed by atoms with Gasteiger partial charge in [-0.05, 0) is 43.2 Å². The Hall–Kier alpha value is -2.75. The van der Waals surface area contributed by atoms with E-state index in [9.17, 15) is 14.0 Å². The zero-order valence-corrected chi connectivity index (χ0v) is 18.7. The van der Waals surface area contributed by atoms with E-state index in [0.29, 0.717) is 34.2 Å². The lowest BCUT2D eigenvalue weighted by atomic mass is 10.2. The number of hydrogen-bond donors (Lipinski definition) is 1. The van der Waals surface area contributed by atoms with E-state index in [-0.39, 0.29) is 29.1 Å². The van der Waals surface area contributed by atoms with Crippen LogP contribution in [0.2, 0.25) is 0 Å². The third kappa shape index (κ3) is 4.28. The highest BCUT2D eigenvalue weighted by molar-refractivity contribution is 7.99. The van der Waals surface area contributed by atoms with E-state index in [4.69, 9.17) is 9.72 Å². The molecule has 2 aromatic heterocycles. The Morgan fingerprint density at radius 2 is 2.06 bits per heavy atom. The van der Waals surface area contributed by atoms with Gasteiger partial charge in [-0.3, -0.25) is 14.2 Å². The zero-order chi connectivity index (χ0) is 22.1. The van der Waals surface area contributed by atoms with Gasteiger partial charge in [0.1, 0.15) is 10.5 Å². The smallest absolute Gasteiger partial charge is 0.272 e. The summed E-state index contributed by atoms with van der Waals surface area (Å²) < 4.78 is 22.1. The predicted molar refractivity (Wildman–Crippen MR) is 126 cm³/mol. The maximum Gasteiger partial charge on any atom is 0.272 e. The Bertz CT molecular complexity index is 1340. The molecule has 164 valence electrons. The number of carbonyl (C=O) groups excluding carboxylic acids is 1. The normalized spacial score (nSPS) is 16.1. The number of ether oxygens (including phenoxy) is 1. The number of benzene rings is 2. The van der Waals surface area contributed by atoms with Crippen molar-refractivity contribution in [1.29, 1.82) is 0 Å². The molecule has 3 heterocycles. The molecular weight excluding hydrogens is 449 g/mol. The molecule has 1 saturated heterocycles. The second kappa shape index (κ2) is 9.01. The summed E-state index contributed by atoms with van der Waals surface area (Å²) >= 11 is 2.66. The predicted octanol–water partition coefficient (Wildman–Crippen LogP) is 4.66. The van der Waals surface area contributed by atoms with Crippen molar-refractivity contribution in [1.82, 2.24) is 9.55 Å². The van der Waals surface area contributed by atoms with E-state index in [1.165, 1.54) is 47.4 Å². The molecular formula is C23H20FN3O3S2. The molecule has 1 atom stereocenters. The molecule has 1 aliphatic rings. The van der Waals surface area contributed by atoms with Gasteiger partial charge in [0.15, 0.2) is 5.16 Å². The van der Waals surface area contributed by atoms with Crippen LogP contribution < -0.4 is 10.9 Å². The number of thiophene rings is 1. The van der Waals surface area contributed by atoms with Gasteiger partial charge in [0.2, 0.25) is 5.91 Å². The summed E-state index contributed by atoms with van der Waals surface area (Å²) in [5.74, 6) is -0.547. The number of halogens is 1. The highest BCUT2D eigenvalue weighted by atomic mass is 32.2. The molecule has 5 rings (SSSR count). The van der Waals surface area contributed by atoms with Crippen molar-refractivity contribution in [3.05, 3.63) is 64.7 Å². The number of anilines is 1. The van der Waals surface area contributed by atoms with Crippen LogP contribution in [0.4, 0.5) is 10.1 Å². The summed E-state index contributed by atoms with van der Waals surface area (Å²) in [6.07, 6.45) is 1.83. The van der Waals surface area contributed by atoms with Crippen LogP contribution in [0.1, 0.15) is 12.8 Å². The van der Waals surface area contributed by atoms with Crippen molar-refractivity contribution in [2.75, 3.05) is 17.7 Å². The van der Waals surface area contributed by atoms with E-state index < -0.39 is 0 Å². The number of aromatic nitrogens is 2. The molecule has 1 fully saturated rings. The number of fused-ring (bicyclic) bond motifs is 3. The molecule has 1 amide bonds. The van der Waals surface area contributed by atoms with E-state index in [1.54, 1.807) is 4.57 Å². The molecule has 32 heavy (non-hydrogen) atoms. The zero-order valence-electron chi connectivity index (χ0n) is 17.0. The second-order valence-electron chi connectivity index (χ2n) is 7.56. The van der Waals surface area contributed by atoms with E-state index in [2.05, 4.69) is 5.32 Å². The highest BCUT2D eigenvalue weighted by Gasteiger charge is 2.22. The van der Waals surface area contributed by atoms with Crippen LogP contribution in [0.5, 0.6) is 0 Å². The molecule has 0 aliphatic carbocycles. The Kier molecular flexibility index (Phi) is 5.95. The van der Waals surface area contributed by atoms with Gasteiger partial charge in [-0.2, -0.15) is 0 Å². The first-order chi connectivity index (χ1) is 15.6. The van der Waals surface area contributed by atoms with Gasteiger partial charge in [-0.25, -0.2) is 9.37 Å². The fourth-order valence-electron chi connectivity index (χ4n) is 3.78. The summed E-state index contributed by atoms with van der Waals surface area (Å²) in [5.41, 5.74) is 1.08. The number of carbonyl (C=O) groups is 1. The first-order valence-corrected chi connectivity index (χ1v) is 12.1. The Morgan fingerprint density at radius 1 is 1.25 bits per heavy atom. The third-order valence-electron chi connectivity index (χ3n) is 5.32. The molecule has 0 radical (unpaired) electrons. The minimum Gasteiger partial charge on any atom is -0.376 e. The summed E-state index contributed by atoms with van der Waals surface area (Å²) in [6, 6.07) is 13.4. The third-order valence-corrected chi connectivity index (χ3v) is 7.44. The quantitative estimate of drug-likeness (QED) is 0.328. The van der Waals surface area contributed by atoms with Crippen LogP contribution >= 0.6 is 23.1 Å². The molecule has 6 nitrogen and oxygen atoms in total. The van der Waals surface area contributed by atoms with E-state index in [0.717, 1.165) is 22.9 Å². The van der Waals surface area contributed by atoms with E-state index in [1.807, 2.05) is 24.3 Å². The molecule has 1 N–H and O–H groups in total. The van der Waals surface area contributed by atoms with E-state index >= 15 is 0 Å². The van der Waals surface area contributed by atoms with Crippen LogP contribution in [0.25, 0.3) is 20.3 Å². The number of amides is 1. The van der Waals surface area contributed by atoms with Crippen molar-refractivity contribution < 1.29 is 13.9 Å². The highest BCUT2D eigenvalue weighted by Crippen LogP contribution is 2.32. The van der Waals surface area contributed by atoms with Gasteiger partial charge < -0.3 is 10.1 Å². The lowest BCUT2D eigenvalue weighted by Crippen LogP contribution is -2.28. The molecule has 0 saturated carbocycles. The topological polar surface area (TPSA) is 73.2 Å². The Morgan fingerprint density at radius 3 is 2.84 bits per heavy atom. The molecule has 4 aromatic rings. The maximum absolute atomic E-state index is 13.4. The van der Waals surface area contributed by atoms with Gasteiger partial charge in [0, 0.05) is 22.4 Å². The molecule has 9 heteroatoms. The largest absolute Gasteiger partial charge is 0.376 e. The number of nitrogens with zero attached hydrogens (tertiary/aromatic N) is 2. The first-order valence-electron chi connectivity index (χ1n) is 10.3. The van der Waals surface area contributed by atoms with Crippen LogP contribution in [-0.4, -0.2) is 33.9 Å². The SMILES string of the molecule is O=C(CSc1nc2c(sc3ccccc32)c(=O)n1C[C@H]1CCCO1)Nc1ccc(F)cc1. The fraction of sp³-hybridized carbons (Fsp3) is 0.261. The average molecular weight is 470 g/mol. The summed E-state index contributed by atoms with van der Waals surface area (Å²) in [4.78, 5) is 30.7. The Balaban J connectivity index is 1.46. The number of thioether (sulfide) groups is 1. The molecule has 2 aromatic carbocycles. The molecule has 0 unspecified atom stereocenters. The Labute approximate surface area is 191 Å². The molecule has 0 spiro atoms. The summed E-state index contributed by atoms with van der Waals surface area (Å²) in [5, 5.41) is 4.18. The summed E-state index contributed by atoms with van der Waals surface area (Å²) in [6.45, 7) is 1.11. The molecule has 0 bridgehead atoms. The maximum atomic E-state index is 13.4. The number of rotatable bonds is 6. The number of nitrogens with one attached hydrogen (secondary N) is 1. The van der Waals surface area contributed by atoms with Gasteiger partial charge in [0.05, 0.1) is 23.9 Å². The number of hydrogen-bond acceptors (Lipinski definition) is 6. The second-order valence-corrected chi connectivity index (χ2v) is 9.56. The van der Waals surface area contributed by atoms with Gasteiger partial charge >= 0.3 is 0 Å². The monoisotopic (exact) mass is 469 g/mol. The summed E-state index contributed by atoms with van der Waals surface area (Å²) in [7, 11) is 0. The minimum atomic E-state index is -0.365. The van der Waals surface area contributed by atoms with Crippen LogP contribution in [-0.2, 0) is 16.1 Å². The van der Waals surface area contributed by atoms with Crippen LogP contribution in [0.15, 0.2) is 58.5 Å². The minimum absolute atomic E-state index is 0.0336. The van der Waals surface area contributed by atoms with Gasteiger partial charge in [-0.1, -0.05) is 30.0 Å². The van der Waals surface area contributed by atoms with Crippen LogP contribution in [0, 0.1) is 5.82 Å². The van der Waals surface area contributed by atoms with Crippen molar-refractivity contribution in [2.24, 2.45) is 0 Å².